The van der Waals surface area contributed by atoms with Crippen molar-refractivity contribution in [3.63, 3.8) is 0 Å². The fourth-order valence-corrected chi connectivity index (χ4v) is 5.99. The third-order valence-corrected chi connectivity index (χ3v) is 7.60. The topological polar surface area (TPSA) is 71.4 Å². The summed E-state index contributed by atoms with van der Waals surface area (Å²) in [4.78, 5) is 12.9. The van der Waals surface area contributed by atoms with Crippen molar-refractivity contribution >= 4 is 21.6 Å². The van der Waals surface area contributed by atoms with Crippen molar-refractivity contribution in [3.05, 3.63) is 46.8 Å². The van der Waals surface area contributed by atoms with Crippen molar-refractivity contribution in [2.24, 2.45) is 13.0 Å². The number of nitrogens with zero attached hydrogens (tertiary/aromatic N) is 2. The normalized spacial score (nSPS) is 18.1. The van der Waals surface area contributed by atoms with Crippen molar-refractivity contribution < 1.29 is 22.0 Å². The molecule has 0 saturated carbocycles. The lowest BCUT2D eigenvalue weighted by molar-refractivity contribution is 0.101. The number of hydrogen-bond donors (Lipinski definition) is 1. The summed E-state index contributed by atoms with van der Waals surface area (Å²) in [6, 6.07) is 2.84. The predicted molar refractivity (Wildman–Crippen MR) is 106 cm³/mol. The number of hydrogen-bond acceptors (Lipinski definition) is 3. The lowest BCUT2D eigenvalue weighted by atomic mass is 10.0. The van der Waals surface area contributed by atoms with Crippen LogP contribution in [0.4, 0.5) is 14.5 Å². The maximum Gasteiger partial charge on any atom is 0.272 e. The van der Waals surface area contributed by atoms with E-state index in [-0.39, 0.29) is 22.2 Å². The molecule has 3 rings (SSSR count). The first-order valence-corrected chi connectivity index (χ1v) is 10.9. The van der Waals surface area contributed by atoms with Gasteiger partial charge in [0.2, 0.25) is 10.0 Å². The second-order valence-corrected chi connectivity index (χ2v) is 9.51. The van der Waals surface area contributed by atoms with Crippen molar-refractivity contribution in [1.82, 2.24) is 8.87 Å². The summed E-state index contributed by atoms with van der Waals surface area (Å²) in [6.45, 7) is 6.12. The number of benzene rings is 1. The van der Waals surface area contributed by atoms with Gasteiger partial charge in [0.1, 0.15) is 22.2 Å². The van der Waals surface area contributed by atoms with E-state index < -0.39 is 27.6 Å². The van der Waals surface area contributed by atoms with E-state index in [0.717, 1.165) is 25.0 Å². The van der Waals surface area contributed by atoms with Gasteiger partial charge < -0.3 is 9.88 Å². The van der Waals surface area contributed by atoms with Crippen molar-refractivity contribution in [2.75, 3.05) is 18.4 Å². The lowest BCUT2D eigenvalue weighted by Crippen LogP contribution is -2.39. The average Bonchev–Trinajstić information content (AvgIpc) is 2.86. The zero-order valence-electron chi connectivity index (χ0n) is 16.9. The van der Waals surface area contributed by atoms with E-state index in [2.05, 4.69) is 5.32 Å². The van der Waals surface area contributed by atoms with Crippen LogP contribution in [0.2, 0.25) is 0 Å². The number of carbonyl (C=O) groups is 1. The third kappa shape index (κ3) is 3.93. The molecule has 1 aromatic heterocycles. The van der Waals surface area contributed by atoms with Crippen molar-refractivity contribution in [1.29, 1.82) is 0 Å². The molecule has 158 valence electrons. The van der Waals surface area contributed by atoms with Gasteiger partial charge in [-0.3, -0.25) is 4.79 Å². The summed E-state index contributed by atoms with van der Waals surface area (Å²) in [5.41, 5.74) is 0.687. The number of carbonyl (C=O) groups excluding carboxylic acids is 1. The van der Waals surface area contributed by atoms with Crippen LogP contribution in [0.25, 0.3) is 0 Å². The molecule has 1 fully saturated rings. The van der Waals surface area contributed by atoms with Crippen LogP contribution in [0.1, 0.15) is 41.5 Å². The quantitative estimate of drug-likeness (QED) is 0.814. The maximum atomic E-state index is 13.9. The Bertz CT molecular complexity index is 1060. The first kappa shape index (κ1) is 21.4. The summed E-state index contributed by atoms with van der Waals surface area (Å²) >= 11 is 0. The number of sulfonamides is 1. The SMILES string of the molecule is Cc1c(S(=O)(=O)N2CCC[C@@H](C)C2)c(C)n(C)c1C(=O)Nc1ccc(F)cc1F. The molecule has 0 bridgehead atoms. The molecule has 0 aliphatic carbocycles. The average molecular weight is 426 g/mol. The molecule has 1 amide bonds. The first-order valence-electron chi connectivity index (χ1n) is 9.46. The monoisotopic (exact) mass is 425 g/mol. The van der Waals surface area contributed by atoms with E-state index in [9.17, 15) is 22.0 Å². The molecule has 1 aliphatic rings. The van der Waals surface area contributed by atoms with Gasteiger partial charge in [-0.25, -0.2) is 17.2 Å². The molecule has 1 atom stereocenters. The third-order valence-electron chi connectivity index (χ3n) is 5.47. The molecule has 2 heterocycles. The summed E-state index contributed by atoms with van der Waals surface area (Å²) in [7, 11) is -2.18. The predicted octanol–water partition coefficient (Wildman–Crippen LogP) is 3.59. The Hall–Kier alpha value is -2.26. The van der Waals surface area contributed by atoms with Gasteiger partial charge in [-0.2, -0.15) is 4.31 Å². The summed E-state index contributed by atoms with van der Waals surface area (Å²) in [5, 5.41) is 2.40. The highest BCUT2D eigenvalue weighted by Crippen LogP contribution is 2.31. The Labute approximate surface area is 169 Å². The molecule has 1 aromatic carbocycles. The standard InChI is InChI=1S/C20H25F2N3O3S/c1-12-6-5-9-25(11-12)29(27,28)19-13(2)18(24(4)14(19)3)20(26)23-17-8-7-15(21)10-16(17)22/h7-8,10,12H,5-6,9,11H2,1-4H3,(H,23,26)/t12-/m1/s1. The van der Waals surface area contributed by atoms with Gasteiger partial charge in [-0.1, -0.05) is 6.92 Å². The molecular weight excluding hydrogens is 400 g/mol. The van der Waals surface area contributed by atoms with Gasteiger partial charge in [0.15, 0.2) is 0 Å². The summed E-state index contributed by atoms with van der Waals surface area (Å²) < 4.78 is 56.6. The molecule has 2 aromatic rings. The van der Waals surface area contributed by atoms with E-state index in [0.29, 0.717) is 30.4 Å². The molecule has 0 radical (unpaired) electrons. The van der Waals surface area contributed by atoms with E-state index in [1.54, 1.807) is 20.9 Å². The van der Waals surface area contributed by atoms with Gasteiger partial charge in [0.25, 0.3) is 5.91 Å². The highest BCUT2D eigenvalue weighted by molar-refractivity contribution is 7.89. The highest BCUT2D eigenvalue weighted by Gasteiger charge is 2.35. The largest absolute Gasteiger partial charge is 0.342 e. The van der Waals surface area contributed by atoms with Gasteiger partial charge in [0.05, 0.1) is 5.69 Å². The molecule has 29 heavy (non-hydrogen) atoms. The minimum Gasteiger partial charge on any atom is -0.342 e. The number of nitrogens with one attached hydrogen (secondary N) is 1. The van der Waals surface area contributed by atoms with Gasteiger partial charge in [0, 0.05) is 37.5 Å². The second-order valence-electron chi connectivity index (χ2n) is 7.64. The number of rotatable bonds is 4. The van der Waals surface area contributed by atoms with Crippen LogP contribution in [0.3, 0.4) is 0 Å². The van der Waals surface area contributed by atoms with Crippen LogP contribution in [0.5, 0.6) is 0 Å². The first-order chi connectivity index (χ1) is 13.5. The van der Waals surface area contributed by atoms with Crippen LogP contribution in [-0.2, 0) is 17.1 Å². The number of amides is 1. The van der Waals surface area contributed by atoms with Gasteiger partial charge >= 0.3 is 0 Å². The minimum absolute atomic E-state index is 0.110. The molecule has 9 heteroatoms. The van der Waals surface area contributed by atoms with Crippen LogP contribution in [-0.4, -0.2) is 36.3 Å². The highest BCUT2D eigenvalue weighted by atomic mass is 32.2. The van der Waals surface area contributed by atoms with E-state index >= 15 is 0 Å². The number of anilines is 1. The van der Waals surface area contributed by atoms with Crippen LogP contribution >= 0.6 is 0 Å². The van der Waals surface area contributed by atoms with Crippen LogP contribution in [0.15, 0.2) is 23.1 Å². The summed E-state index contributed by atoms with van der Waals surface area (Å²) in [6.07, 6.45) is 1.78. The molecule has 1 saturated heterocycles. The van der Waals surface area contributed by atoms with Crippen molar-refractivity contribution in [2.45, 2.75) is 38.5 Å². The Kier molecular flexibility index (Phi) is 5.82. The molecule has 1 N–H and O–H groups in total. The smallest absolute Gasteiger partial charge is 0.272 e. The minimum atomic E-state index is -3.77. The lowest BCUT2D eigenvalue weighted by Gasteiger charge is -2.30. The van der Waals surface area contributed by atoms with E-state index in [1.807, 2.05) is 6.92 Å². The Morgan fingerprint density at radius 3 is 2.55 bits per heavy atom. The van der Waals surface area contributed by atoms with Crippen LogP contribution in [0, 0.1) is 31.4 Å². The number of halogens is 2. The van der Waals surface area contributed by atoms with Gasteiger partial charge in [-0.15, -0.1) is 0 Å². The molecule has 1 aliphatic heterocycles. The summed E-state index contributed by atoms with van der Waals surface area (Å²) in [5.74, 6) is -2.05. The molecule has 0 spiro atoms. The second kappa shape index (κ2) is 7.87. The molecule has 6 nitrogen and oxygen atoms in total. The molecular formula is C20H25F2N3O3S. The Balaban J connectivity index is 1.99. The zero-order valence-corrected chi connectivity index (χ0v) is 17.7. The Morgan fingerprint density at radius 1 is 1.24 bits per heavy atom. The fourth-order valence-electron chi connectivity index (χ4n) is 3.92. The number of aromatic nitrogens is 1. The van der Waals surface area contributed by atoms with Gasteiger partial charge in [-0.05, 0) is 44.7 Å². The maximum absolute atomic E-state index is 13.9. The van der Waals surface area contributed by atoms with Crippen molar-refractivity contribution in [3.8, 4) is 0 Å². The van der Waals surface area contributed by atoms with E-state index in [1.165, 1.54) is 8.87 Å². The van der Waals surface area contributed by atoms with Crippen LogP contribution < -0.4 is 5.32 Å². The Morgan fingerprint density at radius 2 is 1.93 bits per heavy atom. The fraction of sp³-hybridized carbons (Fsp3) is 0.450. The number of piperidine rings is 1. The zero-order chi connectivity index (χ0) is 21.5. The molecule has 0 unspecified atom stereocenters. The van der Waals surface area contributed by atoms with E-state index in [4.69, 9.17) is 0 Å².